The summed E-state index contributed by atoms with van der Waals surface area (Å²) < 4.78 is 37.5. The van der Waals surface area contributed by atoms with Crippen LogP contribution in [0.4, 0.5) is 8.78 Å². The van der Waals surface area contributed by atoms with Crippen molar-refractivity contribution in [3.63, 3.8) is 0 Å². The molecule has 0 bridgehead atoms. The highest BCUT2D eigenvalue weighted by Gasteiger charge is 2.25. The van der Waals surface area contributed by atoms with E-state index in [1.54, 1.807) is 30.3 Å². The summed E-state index contributed by atoms with van der Waals surface area (Å²) in [6.07, 6.45) is 0. The predicted molar refractivity (Wildman–Crippen MR) is 135 cm³/mol. The maximum absolute atomic E-state index is 14.2. The second-order valence-electron chi connectivity index (χ2n) is 8.82. The van der Waals surface area contributed by atoms with Crippen LogP contribution in [0.15, 0.2) is 66.7 Å². The Labute approximate surface area is 209 Å². The quantitative estimate of drug-likeness (QED) is 0.481. The maximum Gasteiger partial charge on any atom is 0.132 e. The zero-order valence-corrected chi connectivity index (χ0v) is 20.1. The third kappa shape index (κ3) is 6.02. The molecule has 3 aromatic carbocycles. The van der Waals surface area contributed by atoms with Gasteiger partial charge in [-0.15, -0.1) is 0 Å². The van der Waals surface area contributed by atoms with Gasteiger partial charge in [0.2, 0.25) is 0 Å². The van der Waals surface area contributed by atoms with Gasteiger partial charge in [0.1, 0.15) is 36.3 Å². The van der Waals surface area contributed by atoms with Crippen molar-refractivity contribution in [1.29, 1.82) is 5.26 Å². The first-order valence-corrected chi connectivity index (χ1v) is 11.8. The number of rotatable bonds is 6. The Bertz CT molecular complexity index is 1270. The first-order valence-electron chi connectivity index (χ1n) is 11.8. The fraction of sp³-hybridized carbons (Fsp3) is 0.276. The number of hydrogen-bond acceptors (Lipinski definition) is 5. The number of halogens is 2. The van der Waals surface area contributed by atoms with Crippen molar-refractivity contribution in [1.82, 2.24) is 4.90 Å². The third-order valence-corrected chi connectivity index (χ3v) is 6.29. The summed E-state index contributed by atoms with van der Waals surface area (Å²) in [5.41, 5.74) is 3.02. The normalized spacial score (nSPS) is 15.1. The Morgan fingerprint density at radius 3 is 2.56 bits per heavy atom. The first kappa shape index (κ1) is 25.2. The van der Waals surface area contributed by atoms with Gasteiger partial charge in [-0.3, -0.25) is 9.29 Å². The van der Waals surface area contributed by atoms with Crippen LogP contribution in [0.5, 0.6) is 17.2 Å². The SMILES string of the molecule is CC1=C(c2ccc(C#N)cc2F)COc2ccc(O)cc21.FCC1CN(CCOc2ccccc2)C1. The average Bonchev–Trinajstić information content (AvgIpc) is 2.87. The van der Waals surface area contributed by atoms with Gasteiger partial charge in [0.25, 0.3) is 0 Å². The molecular weight excluding hydrogens is 462 g/mol. The Kier molecular flexibility index (Phi) is 8.19. The number of hydrogen-bond donors (Lipinski definition) is 1. The van der Waals surface area contributed by atoms with Gasteiger partial charge in [-0.2, -0.15) is 5.26 Å². The van der Waals surface area contributed by atoms with Crippen molar-refractivity contribution >= 4 is 11.1 Å². The van der Waals surface area contributed by atoms with E-state index >= 15 is 0 Å². The Morgan fingerprint density at radius 1 is 1.08 bits per heavy atom. The molecule has 0 aliphatic carbocycles. The number of nitrogens with zero attached hydrogens (tertiary/aromatic N) is 2. The molecular formula is C29H28F2N2O3. The molecule has 3 aromatic rings. The number of phenols is 1. The second kappa shape index (κ2) is 11.7. The fourth-order valence-corrected chi connectivity index (χ4v) is 4.23. The number of nitriles is 1. The molecule has 2 aliphatic rings. The summed E-state index contributed by atoms with van der Waals surface area (Å²) in [4.78, 5) is 2.22. The number of phenolic OH excluding ortho intramolecular Hbond substituents is 1. The van der Waals surface area contributed by atoms with E-state index in [-0.39, 0.29) is 30.5 Å². The lowest BCUT2D eigenvalue weighted by atomic mass is 9.93. The molecule has 186 valence electrons. The zero-order valence-electron chi connectivity index (χ0n) is 20.1. The molecule has 1 fully saturated rings. The standard InChI is InChI=1S/C17H12FNO2.C12H16FNO/c1-10-14-7-12(20)3-5-17(14)21-9-15(10)13-4-2-11(8-19)6-16(13)18;13-8-11-9-14(10-11)6-7-15-12-4-2-1-3-5-12/h2-7,20H,9H2,1H3;1-5,11H,6-10H2. The number of fused-ring (bicyclic) bond motifs is 1. The topological polar surface area (TPSA) is 65.7 Å². The molecule has 5 nitrogen and oxygen atoms in total. The van der Waals surface area contributed by atoms with E-state index < -0.39 is 5.82 Å². The van der Waals surface area contributed by atoms with Crippen LogP contribution in [0.1, 0.15) is 23.6 Å². The molecule has 2 aliphatic heterocycles. The molecule has 5 rings (SSSR count). The van der Waals surface area contributed by atoms with Crippen molar-refractivity contribution in [2.24, 2.45) is 5.92 Å². The van der Waals surface area contributed by atoms with Crippen molar-refractivity contribution in [3.05, 3.63) is 89.2 Å². The molecule has 0 unspecified atom stereocenters. The van der Waals surface area contributed by atoms with Crippen molar-refractivity contribution in [3.8, 4) is 23.3 Å². The van der Waals surface area contributed by atoms with Crippen molar-refractivity contribution in [2.75, 3.05) is 39.5 Å². The van der Waals surface area contributed by atoms with Crippen LogP contribution in [-0.2, 0) is 0 Å². The van der Waals surface area contributed by atoms with Gasteiger partial charge < -0.3 is 14.6 Å². The summed E-state index contributed by atoms with van der Waals surface area (Å²) in [6.45, 7) is 5.29. The summed E-state index contributed by atoms with van der Waals surface area (Å²) >= 11 is 0. The molecule has 0 saturated carbocycles. The third-order valence-electron chi connectivity index (χ3n) is 6.29. The molecule has 0 spiro atoms. The van der Waals surface area contributed by atoms with Gasteiger partial charge >= 0.3 is 0 Å². The second-order valence-corrected chi connectivity index (χ2v) is 8.82. The summed E-state index contributed by atoms with van der Waals surface area (Å²) in [5.74, 6) is 1.53. The molecule has 0 atom stereocenters. The van der Waals surface area contributed by atoms with Gasteiger partial charge in [-0.1, -0.05) is 24.3 Å². The van der Waals surface area contributed by atoms with Crippen LogP contribution in [-0.4, -0.2) is 49.5 Å². The van der Waals surface area contributed by atoms with E-state index in [0.29, 0.717) is 17.9 Å². The fourth-order valence-electron chi connectivity index (χ4n) is 4.23. The minimum Gasteiger partial charge on any atom is -0.508 e. The van der Waals surface area contributed by atoms with Crippen LogP contribution in [0.3, 0.4) is 0 Å². The smallest absolute Gasteiger partial charge is 0.132 e. The van der Waals surface area contributed by atoms with Gasteiger partial charge in [-0.25, -0.2) is 4.39 Å². The molecule has 2 heterocycles. The molecule has 1 saturated heterocycles. The van der Waals surface area contributed by atoms with Crippen LogP contribution in [0.2, 0.25) is 0 Å². The van der Waals surface area contributed by atoms with E-state index in [0.717, 1.165) is 42.1 Å². The van der Waals surface area contributed by atoms with Gasteiger partial charge in [-0.05, 0) is 55.0 Å². The van der Waals surface area contributed by atoms with Crippen molar-refractivity contribution in [2.45, 2.75) is 6.92 Å². The van der Waals surface area contributed by atoms with Gasteiger partial charge in [0.15, 0.2) is 0 Å². The molecule has 0 aromatic heterocycles. The Morgan fingerprint density at radius 2 is 1.86 bits per heavy atom. The highest BCUT2D eigenvalue weighted by molar-refractivity contribution is 5.94. The first-order chi connectivity index (χ1) is 17.5. The minimum atomic E-state index is -0.449. The highest BCUT2D eigenvalue weighted by atomic mass is 19.1. The summed E-state index contributed by atoms with van der Waals surface area (Å²) in [5, 5.41) is 18.4. The molecule has 1 N–H and O–H groups in total. The van der Waals surface area contributed by atoms with E-state index in [4.69, 9.17) is 14.7 Å². The molecule has 7 heteroatoms. The van der Waals surface area contributed by atoms with Gasteiger partial charge in [0.05, 0.1) is 18.3 Å². The minimum absolute atomic E-state index is 0.137. The maximum atomic E-state index is 14.2. The predicted octanol–water partition coefficient (Wildman–Crippen LogP) is 5.69. The molecule has 0 radical (unpaired) electrons. The van der Waals surface area contributed by atoms with Crippen LogP contribution in [0.25, 0.3) is 11.1 Å². The Balaban J connectivity index is 0.000000179. The monoisotopic (exact) mass is 490 g/mol. The summed E-state index contributed by atoms with van der Waals surface area (Å²) in [7, 11) is 0. The molecule has 0 amide bonds. The van der Waals surface area contributed by atoms with Crippen molar-refractivity contribution < 1.29 is 23.4 Å². The zero-order chi connectivity index (χ0) is 25.5. The molecule has 36 heavy (non-hydrogen) atoms. The number of benzene rings is 3. The lowest BCUT2D eigenvalue weighted by molar-refractivity contribution is 0.0668. The number of para-hydroxylation sites is 1. The largest absolute Gasteiger partial charge is 0.508 e. The highest BCUT2D eigenvalue weighted by Crippen LogP contribution is 2.39. The number of alkyl halides is 1. The lowest BCUT2D eigenvalue weighted by Gasteiger charge is -2.37. The number of allylic oxidation sites excluding steroid dienone is 1. The number of aromatic hydroxyl groups is 1. The van der Waals surface area contributed by atoms with Gasteiger partial charge in [0, 0.05) is 42.3 Å². The van der Waals surface area contributed by atoms with E-state index in [1.165, 1.54) is 6.07 Å². The lowest BCUT2D eigenvalue weighted by Crippen LogP contribution is -2.49. The Hall–Kier alpha value is -3.89. The van der Waals surface area contributed by atoms with Crippen LogP contribution in [0, 0.1) is 23.1 Å². The van der Waals surface area contributed by atoms with E-state index in [1.807, 2.05) is 43.3 Å². The number of likely N-dealkylation sites (tertiary alicyclic amines) is 1. The van der Waals surface area contributed by atoms with Crippen LogP contribution >= 0.6 is 0 Å². The number of ether oxygens (including phenoxy) is 2. The van der Waals surface area contributed by atoms with E-state index in [9.17, 15) is 13.9 Å². The average molecular weight is 491 g/mol. The summed E-state index contributed by atoms with van der Waals surface area (Å²) in [6, 6.07) is 20.9. The van der Waals surface area contributed by atoms with E-state index in [2.05, 4.69) is 4.90 Å². The van der Waals surface area contributed by atoms with Crippen LogP contribution < -0.4 is 9.47 Å².